The van der Waals surface area contributed by atoms with Crippen LogP contribution in [0.5, 0.6) is 0 Å². The van der Waals surface area contributed by atoms with Crippen LogP contribution in [0.15, 0.2) is 65.7 Å². The number of para-hydroxylation sites is 2. The maximum Gasteiger partial charge on any atom is 0.294 e. The molecule has 3 amide bonds. The van der Waals surface area contributed by atoms with E-state index in [0.717, 1.165) is 33.1 Å². The highest BCUT2D eigenvalue weighted by Gasteiger charge is 2.36. The first kappa shape index (κ1) is 18.1. The van der Waals surface area contributed by atoms with E-state index in [1.807, 2.05) is 48.1 Å². The van der Waals surface area contributed by atoms with Crippen LogP contribution in [0.4, 0.5) is 10.5 Å². The van der Waals surface area contributed by atoms with Crippen molar-refractivity contribution in [2.75, 3.05) is 11.9 Å². The fourth-order valence-corrected chi connectivity index (χ4v) is 3.96. The quantitative estimate of drug-likeness (QED) is 0.686. The number of carbonyl (C=O) groups excluding carboxylic acids is 3. The minimum atomic E-state index is -0.453. The lowest BCUT2D eigenvalue weighted by Crippen LogP contribution is -2.36. The van der Waals surface area contributed by atoms with Crippen molar-refractivity contribution in [2.24, 2.45) is 7.05 Å². The molecule has 7 heteroatoms. The summed E-state index contributed by atoms with van der Waals surface area (Å²) in [6.45, 7) is -0.313. The maximum atomic E-state index is 12.7. The Balaban J connectivity index is 1.53. The van der Waals surface area contributed by atoms with Gasteiger partial charge in [-0.05, 0) is 36.0 Å². The molecule has 0 radical (unpaired) electrons. The molecule has 1 fully saturated rings. The molecule has 0 bridgehead atoms. The van der Waals surface area contributed by atoms with Gasteiger partial charge in [0.15, 0.2) is 0 Å². The Bertz CT molecular complexity index is 1120. The Morgan fingerprint density at radius 1 is 1.07 bits per heavy atom. The normalized spacial score (nSPS) is 15.6. The Labute approximate surface area is 165 Å². The van der Waals surface area contributed by atoms with E-state index in [1.54, 1.807) is 30.3 Å². The number of anilines is 1. The number of aromatic nitrogens is 1. The zero-order valence-corrected chi connectivity index (χ0v) is 15.9. The number of fused-ring (bicyclic) bond motifs is 1. The zero-order valence-electron chi connectivity index (χ0n) is 15.1. The maximum absolute atomic E-state index is 12.7. The fraction of sp³-hybridized carbons (Fsp3) is 0.0952. The lowest BCUT2D eigenvalue weighted by molar-refractivity contribution is -0.127. The third-order valence-corrected chi connectivity index (χ3v) is 5.35. The van der Waals surface area contributed by atoms with E-state index >= 15 is 0 Å². The summed E-state index contributed by atoms with van der Waals surface area (Å²) in [7, 11) is 1.93. The molecule has 0 aliphatic carbocycles. The number of thioether (sulfide) groups is 1. The van der Waals surface area contributed by atoms with E-state index in [1.165, 1.54) is 0 Å². The Hall–Kier alpha value is -3.32. The van der Waals surface area contributed by atoms with E-state index < -0.39 is 17.1 Å². The van der Waals surface area contributed by atoms with Crippen molar-refractivity contribution in [3.63, 3.8) is 0 Å². The molecule has 2 heterocycles. The summed E-state index contributed by atoms with van der Waals surface area (Å²) in [6, 6.07) is 16.8. The second-order valence-corrected chi connectivity index (χ2v) is 7.39. The van der Waals surface area contributed by atoms with Crippen molar-refractivity contribution in [1.29, 1.82) is 0 Å². The van der Waals surface area contributed by atoms with Crippen LogP contribution in [0.2, 0.25) is 0 Å². The highest BCUT2D eigenvalue weighted by atomic mass is 32.2. The van der Waals surface area contributed by atoms with Gasteiger partial charge in [-0.3, -0.25) is 19.3 Å². The van der Waals surface area contributed by atoms with Crippen molar-refractivity contribution in [2.45, 2.75) is 0 Å². The third-order valence-electron chi connectivity index (χ3n) is 4.45. The van der Waals surface area contributed by atoms with Crippen molar-refractivity contribution in [1.82, 2.24) is 9.47 Å². The van der Waals surface area contributed by atoms with Gasteiger partial charge in [-0.25, -0.2) is 0 Å². The molecule has 1 aliphatic heterocycles. The summed E-state index contributed by atoms with van der Waals surface area (Å²) in [6.07, 6.45) is 3.63. The van der Waals surface area contributed by atoms with Crippen LogP contribution < -0.4 is 5.32 Å². The molecule has 1 aliphatic rings. The van der Waals surface area contributed by atoms with Crippen LogP contribution in [0.3, 0.4) is 0 Å². The Morgan fingerprint density at radius 3 is 2.57 bits per heavy atom. The molecule has 140 valence electrons. The number of amides is 3. The molecule has 1 saturated heterocycles. The molecule has 0 spiro atoms. The molecular weight excluding hydrogens is 374 g/mol. The number of hydrogen-bond acceptors (Lipinski definition) is 4. The van der Waals surface area contributed by atoms with E-state index in [0.29, 0.717) is 10.6 Å². The second-order valence-electron chi connectivity index (χ2n) is 6.39. The van der Waals surface area contributed by atoms with Gasteiger partial charge in [0.25, 0.3) is 11.1 Å². The zero-order chi connectivity index (χ0) is 19.7. The monoisotopic (exact) mass is 391 g/mol. The molecule has 28 heavy (non-hydrogen) atoms. The fourth-order valence-electron chi connectivity index (χ4n) is 3.13. The molecule has 3 aromatic rings. The molecule has 4 rings (SSSR count). The first-order valence-electron chi connectivity index (χ1n) is 8.67. The number of carbonyl (C=O) groups is 3. The van der Waals surface area contributed by atoms with Gasteiger partial charge in [-0.1, -0.05) is 36.4 Å². The van der Waals surface area contributed by atoms with Crippen LogP contribution in [-0.2, 0) is 16.6 Å². The minimum Gasteiger partial charge on any atom is -0.350 e. The van der Waals surface area contributed by atoms with E-state index in [4.69, 9.17) is 0 Å². The Kier molecular flexibility index (Phi) is 4.75. The largest absolute Gasteiger partial charge is 0.350 e. The van der Waals surface area contributed by atoms with E-state index in [2.05, 4.69) is 5.32 Å². The molecule has 1 N–H and O–H groups in total. The summed E-state index contributed by atoms with van der Waals surface area (Å²) >= 11 is 0.852. The van der Waals surface area contributed by atoms with Crippen molar-refractivity contribution >= 4 is 51.5 Å². The van der Waals surface area contributed by atoms with Crippen LogP contribution >= 0.6 is 11.8 Å². The third kappa shape index (κ3) is 3.44. The Morgan fingerprint density at radius 2 is 1.79 bits per heavy atom. The number of hydrogen-bond donors (Lipinski definition) is 1. The summed E-state index contributed by atoms with van der Waals surface area (Å²) in [4.78, 5) is 38.5. The smallest absolute Gasteiger partial charge is 0.294 e. The van der Waals surface area contributed by atoms with Crippen molar-refractivity contribution in [3.8, 4) is 0 Å². The van der Waals surface area contributed by atoms with Gasteiger partial charge in [0.05, 0.1) is 4.91 Å². The summed E-state index contributed by atoms with van der Waals surface area (Å²) < 4.78 is 1.97. The van der Waals surface area contributed by atoms with Gasteiger partial charge in [-0.15, -0.1) is 0 Å². The summed E-state index contributed by atoms with van der Waals surface area (Å²) in [5, 5.41) is 3.24. The molecule has 0 saturated carbocycles. The van der Waals surface area contributed by atoms with Crippen LogP contribution in [-0.4, -0.2) is 33.1 Å². The average Bonchev–Trinajstić information content (AvgIpc) is 3.14. The number of rotatable bonds is 4. The van der Waals surface area contributed by atoms with Gasteiger partial charge in [0.1, 0.15) is 6.54 Å². The molecule has 2 aromatic carbocycles. The highest BCUT2D eigenvalue weighted by molar-refractivity contribution is 8.18. The minimum absolute atomic E-state index is 0.313. The van der Waals surface area contributed by atoms with Crippen LogP contribution in [0.25, 0.3) is 17.0 Å². The van der Waals surface area contributed by atoms with Crippen molar-refractivity contribution in [3.05, 3.63) is 71.3 Å². The summed E-state index contributed by atoms with van der Waals surface area (Å²) in [5.74, 6) is -0.869. The van der Waals surface area contributed by atoms with Gasteiger partial charge >= 0.3 is 0 Å². The molecule has 6 nitrogen and oxygen atoms in total. The number of nitrogens with one attached hydrogen (secondary N) is 1. The number of imide groups is 1. The van der Waals surface area contributed by atoms with Gasteiger partial charge in [0, 0.05) is 35.4 Å². The average molecular weight is 391 g/mol. The molecule has 0 unspecified atom stereocenters. The topological polar surface area (TPSA) is 71.4 Å². The number of nitrogens with zero attached hydrogens (tertiary/aromatic N) is 2. The van der Waals surface area contributed by atoms with Gasteiger partial charge in [-0.2, -0.15) is 0 Å². The molecule has 1 aromatic heterocycles. The van der Waals surface area contributed by atoms with Gasteiger partial charge in [0.2, 0.25) is 5.91 Å². The summed E-state index contributed by atoms with van der Waals surface area (Å²) in [5.41, 5.74) is 2.51. The second kappa shape index (κ2) is 7.36. The first-order valence-corrected chi connectivity index (χ1v) is 9.49. The van der Waals surface area contributed by atoms with E-state index in [9.17, 15) is 14.4 Å². The lowest BCUT2D eigenvalue weighted by Gasteiger charge is -2.12. The van der Waals surface area contributed by atoms with Gasteiger partial charge < -0.3 is 9.88 Å². The molecular formula is C21H17N3O3S. The standard InChI is InChI=1S/C21H17N3O3S/c1-23-12-14(16-9-5-6-10-17(16)23)11-18-20(26)24(21(27)28-18)13-19(25)22-15-7-3-2-4-8-15/h2-12H,13H2,1H3,(H,22,25)/b18-11-. The van der Waals surface area contributed by atoms with Crippen LogP contribution in [0.1, 0.15) is 5.56 Å². The van der Waals surface area contributed by atoms with Crippen LogP contribution in [0, 0.1) is 0 Å². The predicted octanol–water partition coefficient (Wildman–Crippen LogP) is 3.85. The highest BCUT2D eigenvalue weighted by Crippen LogP contribution is 2.33. The predicted molar refractivity (Wildman–Crippen MR) is 111 cm³/mol. The number of benzene rings is 2. The first-order chi connectivity index (χ1) is 13.5. The SMILES string of the molecule is Cn1cc(/C=C2\SC(=O)N(CC(=O)Nc3ccccc3)C2=O)c2ccccc21. The van der Waals surface area contributed by atoms with Crippen molar-refractivity contribution < 1.29 is 14.4 Å². The molecule has 0 atom stereocenters. The number of aryl methyl sites for hydroxylation is 1. The van der Waals surface area contributed by atoms with E-state index in [-0.39, 0.29) is 6.54 Å². The lowest BCUT2D eigenvalue weighted by atomic mass is 10.1.